The van der Waals surface area contributed by atoms with Crippen molar-refractivity contribution in [2.45, 2.75) is 31.8 Å². The molecule has 1 amide bonds. The predicted octanol–water partition coefficient (Wildman–Crippen LogP) is 5.48. The Morgan fingerprint density at radius 2 is 1.85 bits per heavy atom. The van der Waals surface area contributed by atoms with Crippen molar-refractivity contribution >= 4 is 17.8 Å². The third kappa shape index (κ3) is 7.56. The van der Waals surface area contributed by atoms with Crippen molar-refractivity contribution in [2.24, 2.45) is 0 Å². The van der Waals surface area contributed by atoms with Gasteiger partial charge in [-0.2, -0.15) is 10.5 Å². The minimum atomic E-state index is -0.665. The zero-order valence-electron chi connectivity index (χ0n) is 25.7. The zero-order valence-corrected chi connectivity index (χ0v) is 25.7. The molecule has 0 bridgehead atoms. The Bertz CT molecular complexity index is 1870. The Morgan fingerprint density at radius 3 is 2.49 bits per heavy atom. The number of phenolic OH excluding ortho intramolecular Hbond substituents is 1. The lowest BCUT2D eigenvalue weighted by atomic mass is 9.89. The molecule has 1 aromatic heterocycles. The van der Waals surface area contributed by atoms with E-state index in [2.05, 4.69) is 16.3 Å². The third-order valence-corrected chi connectivity index (χ3v) is 8.19. The van der Waals surface area contributed by atoms with Crippen molar-refractivity contribution in [3.8, 4) is 45.9 Å². The molecule has 47 heavy (non-hydrogen) atoms. The maximum atomic E-state index is 14.9. The summed E-state index contributed by atoms with van der Waals surface area (Å²) in [6.45, 7) is 2.04. The summed E-state index contributed by atoms with van der Waals surface area (Å²) in [6.07, 6.45) is 6.23. The van der Waals surface area contributed by atoms with Crippen LogP contribution in [0.4, 0.5) is 10.2 Å². The highest BCUT2D eigenvalue weighted by Gasteiger charge is 2.26. The highest BCUT2D eigenvalue weighted by Crippen LogP contribution is 2.42. The van der Waals surface area contributed by atoms with Gasteiger partial charge in [-0.25, -0.2) is 14.9 Å². The van der Waals surface area contributed by atoms with Crippen molar-refractivity contribution in [2.75, 3.05) is 25.1 Å². The number of pyridine rings is 1. The van der Waals surface area contributed by atoms with Gasteiger partial charge >= 0.3 is 0 Å². The number of aromatic nitrogens is 1. The van der Waals surface area contributed by atoms with E-state index < -0.39 is 11.7 Å². The average Bonchev–Trinajstić information content (AvgIpc) is 3.10. The number of anilines is 1. The molecule has 4 N–H and O–H groups in total. The number of nitriles is 2. The van der Waals surface area contributed by atoms with Crippen LogP contribution in [0.1, 0.15) is 35.1 Å². The van der Waals surface area contributed by atoms with E-state index in [0.717, 1.165) is 24.0 Å². The topological polar surface area (TPSA) is 155 Å². The quantitative estimate of drug-likeness (QED) is 0.101. The number of ether oxygens (including phenoxy) is 1. The molecule has 1 fully saturated rings. The molecule has 1 aliphatic heterocycles. The molecule has 10 nitrogen and oxygen atoms in total. The molecule has 238 valence electrons. The van der Waals surface area contributed by atoms with E-state index in [1.165, 1.54) is 25.3 Å². The number of amides is 1. The van der Waals surface area contributed by atoms with Crippen LogP contribution < -0.4 is 20.4 Å². The highest BCUT2D eigenvalue weighted by atomic mass is 19.1. The number of hydrogen-bond acceptors (Lipinski definition) is 9. The van der Waals surface area contributed by atoms with Gasteiger partial charge in [0.15, 0.2) is 11.5 Å². The smallest absolute Gasteiger partial charge is 0.267 e. The number of piperidine rings is 1. The summed E-state index contributed by atoms with van der Waals surface area (Å²) in [6, 6.07) is 21.5. The number of aromatic hydroxyl groups is 1. The molecule has 1 saturated heterocycles. The lowest BCUT2D eigenvalue weighted by molar-refractivity contribution is -0.124. The van der Waals surface area contributed by atoms with Crippen molar-refractivity contribution in [1.29, 1.82) is 10.5 Å². The summed E-state index contributed by atoms with van der Waals surface area (Å²) in [5, 5.41) is 42.0. The Kier molecular flexibility index (Phi) is 10.4. The van der Waals surface area contributed by atoms with E-state index >= 15 is 0 Å². The highest BCUT2D eigenvalue weighted by molar-refractivity contribution is 5.91. The number of nitrogens with one attached hydrogen (secondary N) is 2. The number of carbonyl (C=O) groups is 1. The van der Waals surface area contributed by atoms with E-state index in [4.69, 9.17) is 14.9 Å². The van der Waals surface area contributed by atoms with Crippen molar-refractivity contribution in [3.05, 3.63) is 101 Å². The molecule has 5 rings (SSSR count). The van der Waals surface area contributed by atoms with E-state index in [9.17, 15) is 24.8 Å². The zero-order chi connectivity index (χ0) is 33.3. The number of hydrogen-bond donors (Lipinski definition) is 4. The first-order valence-electron chi connectivity index (χ1n) is 15.0. The summed E-state index contributed by atoms with van der Waals surface area (Å²) in [5.41, 5.74) is 6.38. The monoisotopic (exact) mass is 632 g/mol. The molecule has 0 unspecified atom stereocenters. The lowest BCUT2D eigenvalue weighted by Gasteiger charge is -2.35. The summed E-state index contributed by atoms with van der Waals surface area (Å²) in [5.74, 6) is -0.379. The minimum Gasteiger partial charge on any atom is -0.504 e. The van der Waals surface area contributed by atoms with Gasteiger partial charge in [-0.05, 0) is 71.0 Å². The third-order valence-electron chi connectivity index (χ3n) is 8.19. The number of carbonyl (C=O) groups excluding carboxylic acids is 1. The summed E-state index contributed by atoms with van der Waals surface area (Å²) in [7, 11) is 1.46. The molecule has 0 aliphatic carbocycles. The molecule has 11 heteroatoms. The molecule has 0 spiro atoms. The van der Waals surface area contributed by atoms with Crippen molar-refractivity contribution in [3.63, 3.8) is 0 Å². The van der Waals surface area contributed by atoms with Gasteiger partial charge in [0.05, 0.1) is 25.2 Å². The van der Waals surface area contributed by atoms with E-state index in [0.29, 0.717) is 59.0 Å². The maximum absolute atomic E-state index is 14.9. The van der Waals surface area contributed by atoms with Crippen LogP contribution in [0.5, 0.6) is 11.5 Å². The first-order valence-corrected chi connectivity index (χ1v) is 15.0. The SMILES string of the molecule is COc1ccc(-c2cnc(N3CCC(NCc4ccc(/C=C/C(=O)NO)cc4)CC3)c(CC#N)c2-c2ccc(C#N)c(F)c2)cc1O. The first kappa shape index (κ1) is 32.6. The van der Waals surface area contributed by atoms with Crippen molar-refractivity contribution in [1.82, 2.24) is 15.8 Å². The molecule has 0 atom stereocenters. The van der Waals surface area contributed by atoms with Crippen molar-refractivity contribution < 1.29 is 24.2 Å². The summed E-state index contributed by atoms with van der Waals surface area (Å²) >= 11 is 0. The van der Waals surface area contributed by atoms with Gasteiger partial charge in [0, 0.05) is 49.1 Å². The number of halogens is 1. The number of rotatable bonds is 10. The van der Waals surface area contributed by atoms with Gasteiger partial charge in [0.1, 0.15) is 17.7 Å². The number of hydroxylamine groups is 1. The lowest BCUT2D eigenvalue weighted by Crippen LogP contribution is -2.43. The number of benzene rings is 3. The fourth-order valence-electron chi connectivity index (χ4n) is 5.74. The van der Waals surface area contributed by atoms with Gasteiger partial charge in [-0.15, -0.1) is 0 Å². The fraction of sp³-hybridized carbons (Fsp3) is 0.222. The van der Waals surface area contributed by atoms with Crippen LogP contribution in [-0.4, -0.2) is 47.4 Å². The average molecular weight is 633 g/mol. The summed E-state index contributed by atoms with van der Waals surface area (Å²) < 4.78 is 20.1. The second kappa shape index (κ2) is 15.0. The standard InChI is InChI=1S/C36H33FN6O4/c1-47-33-10-9-25(19-32(33)44)30-22-41-36(29(12-15-38)35(30)26-7-8-27(20-39)31(37)18-26)43-16-13-28(14-17-43)40-21-24-4-2-23(3-5-24)6-11-34(45)42-46/h2-11,18-19,22,28,40,44,46H,12-14,16-17,21H2,1H3,(H,42,45)/b11-6+. The van der Waals surface area contributed by atoms with Gasteiger partial charge in [0.2, 0.25) is 0 Å². The second-order valence-corrected chi connectivity index (χ2v) is 11.1. The minimum absolute atomic E-state index is 0.0172. The van der Waals surface area contributed by atoms with Crippen LogP contribution in [0.15, 0.2) is 72.9 Å². The van der Waals surface area contributed by atoms with Crippen LogP contribution >= 0.6 is 0 Å². The van der Waals surface area contributed by atoms with E-state index in [-0.39, 0.29) is 23.8 Å². The number of nitrogens with zero attached hydrogens (tertiary/aromatic N) is 4. The molecule has 3 aromatic carbocycles. The van der Waals surface area contributed by atoms with Crippen LogP contribution in [0.3, 0.4) is 0 Å². The molecule has 0 saturated carbocycles. The van der Waals surface area contributed by atoms with Crippen LogP contribution in [0.2, 0.25) is 0 Å². The number of methoxy groups -OCH3 is 1. The molecule has 0 radical (unpaired) electrons. The molecular formula is C36H33FN6O4. The molecule has 4 aromatic rings. The van der Waals surface area contributed by atoms with Gasteiger partial charge in [0.25, 0.3) is 5.91 Å². The van der Waals surface area contributed by atoms with Crippen LogP contribution in [-0.2, 0) is 17.8 Å². The maximum Gasteiger partial charge on any atom is 0.267 e. The Balaban J connectivity index is 1.39. The van der Waals surface area contributed by atoms with Gasteiger partial charge in [-0.3, -0.25) is 10.0 Å². The largest absolute Gasteiger partial charge is 0.504 e. The summed E-state index contributed by atoms with van der Waals surface area (Å²) in [4.78, 5) is 18.2. The Hall–Kier alpha value is -5.75. The van der Waals surface area contributed by atoms with Crippen LogP contribution in [0, 0.1) is 28.5 Å². The van der Waals surface area contributed by atoms with Crippen LogP contribution in [0.25, 0.3) is 28.3 Å². The van der Waals surface area contributed by atoms with E-state index in [1.807, 2.05) is 30.3 Å². The second-order valence-electron chi connectivity index (χ2n) is 11.1. The predicted molar refractivity (Wildman–Crippen MR) is 175 cm³/mol. The molecule has 2 heterocycles. The molecular weight excluding hydrogens is 599 g/mol. The first-order chi connectivity index (χ1) is 22.8. The van der Waals surface area contributed by atoms with Gasteiger partial charge < -0.3 is 20.1 Å². The Labute approximate surface area is 271 Å². The van der Waals surface area contributed by atoms with E-state index in [1.54, 1.807) is 42.0 Å². The van der Waals surface area contributed by atoms with Gasteiger partial charge in [-0.1, -0.05) is 36.4 Å². The fourth-order valence-corrected chi connectivity index (χ4v) is 5.74. The molecule has 1 aliphatic rings. The number of phenols is 1. The Morgan fingerprint density at radius 1 is 1.11 bits per heavy atom. The normalized spacial score (nSPS) is 13.3.